The third-order valence-corrected chi connectivity index (χ3v) is 7.00. The monoisotopic (exact) mass is 502 g/mol. The molecule has 0 saturated heterocycles. The molecule has 0 aliphatic heterocycles. The Morgan fingerprint density at radius 1 is 1.00 bits per heavy atom. The first-order valence-electron chi connectivity index (χ1n) is 12.8. The van der Waals surface area contributed by atoms with E-state index in [4.69, 9.17) is 4.74 Å². The highest BCUT2D eigenvalue weighted by Gasteiger charge is 2.24. The first-order chi connectivity index (χ1) is 17.9. The van der Waals surface area contributed by atoms with Gasteiger partial charge in [0.2, 0.25) is 5.91 Å². The van der Waals surface area contributed by atoms with E-state index in [1.807, 2.05) is 42.5 Å². The molecule has 0 spiro atoms. The third kappa shape index (κ3) is 7.06. The molecule has 4 rings (SSSR count). The zero-order valence-corrected chi connectivity index (χ0v) is 21.4. The molecule has 1 saturated carbocycles. The van der Waals surface area contributed by atoms with E-state index >= 15 is 0 Å². The van der Waals surface area contributed by atoms with E-state index in [0.29, 0.717) is 29.5 Å². The molecule has 1 fully saturated rings. The fourth-order valence-electron chi connectivity index (χ4n) is 4.86. The number of nitrogens with one attached hydrogen (secondary N) is 2. The molecule has 1 aromatic heterocycles. The molecular weight excluding hydrogens is 468 g/mol. The van der Waals surface area contributed by atoms with Gasteiger partial charge in [-0.05, 0) is 74.3 Å². The summed E-state index contributed by atoms with van der Waals surface area (Å²) in [6.07, 6.45) is 6.53. The van der Waals surface area contributed by atoms with Gasteiger partial charge in [-0.3, -0.25) is 14.4 Å². The van der Waals surface area contributed by atoms with E-state index < -0.39 is 0 Å². The number of para-hydroxylation sites is 1. The van der Waals surface area contributed by atoms with Crippen molar-refractivity contribution in [2.75, 3.05) is 19.0 Å². The average molecular weight is 503 g/mol. The van der Waals surface area contributed by atoms with Crippen molar-refractivity contribution in [3.05, 3.63) is 77.6 Å². The van der Waals surface area contributed by atoms with Crippen LogP contribution in [0.15, 0.2) is 60.8 Å². The number of methoxy groups -OCH3 is 1. The van der Waals surface area contributed by atoms with Crippen LogP contribution < -0.4 is 10.6 Å². The van der Waals surface area contributed by atoms with E-state index in [1.165, 1.54) is 12.7 Å². The second-order valence-corrected chi connectivity index (χ2v) is 9.58. The topological polar surface area (TPSA) is 102 Å². The van der Waals surface area contributed by atoms with Gasteiger partial charge in [-0.25, -0.2) is 4.68 Å². The number of hydrogen-bond donors (Lipinski definition) is 2. The van der Waals surface area contributed by atoms with E-state index in [1.54, 1.807) is 17.8 Å². The highest BCUT2D eigenvalue weighted by molar-refractivity contribution is 5.96. The Kier molecular flexibility index (Phi) is 8.72. The van der Waals surface area contributed by atoms with Crippen LogP contribution in [0, 0.1) is 12.8 Å². The standard InChI is InChI=1S/C29H34N4O4/c1-20-26(19-33(32-20)25-6-4-3-5-7-25)29(36)30-17-16-27(34)31-24-14-12-23(13-15-24)22-10-8-21(9-11-22)18-28(35)37-2/h3-7,12-15,19,21-22H,8-11,16-18H2,1-2H3,(H,30,36)(H,31,34). The van der Waals surface area contributed by atoms with E-state index in [-0.39, 0.29) is 30.7 Å². The van der Waals surface area contributed by atoms with Crippen molar-refractivity contribution in [2.24, 2.45) is 5.92 Å². The van der Waals surface area contributed by atoms with Gasteiger partial charge in [0.15, 0.2) is 0 Å². The van der Waals surface area contributed by atoms with Crippen LogP contribution >= 0.6 is 0 Å². The molecule has 8 nitrogen and oxygen atoms in total. The predicted octanol–water partition coefficient (Wildman–Crippen LogP) is 4.78. The number of carbonyl (C=O) groups is 3. The Labute approximate surface area is 217 Å². The van der Waals surface area contributed by atoms with Crippen LogP contribution in [-0.2, 0) is 14.3 Å². The van der Waals surface area contributed by atoms with Gasteiger partial charge in [0.25, 0.3) is 5.91 Å². The van der Waals surface area contributed by atoms with Crippen molar-refractivity contribution in [2.45, 2.75) is 51.4 Å². The second kappa shape index (κ2) is 12.3. The summed E-state index contributed by atoms with van der Waals surface area (Å²) < 4.78 is 6.46. The van der Waals surface area contributed by atoms with E-state index in [0.717, 1.165) is 37.1 Å². The Hall–Kier alpha value is -3.94. The van der Waals surface area contributed by atoms with Gasteiger partial charge < -0.3 is 15.4 Å². The number of amides is 2. The molecule has 2 N–H and O–H groups in total. The minimum absolute atomic E-state index is 0.127. The average Bonchev–Trinajstić information content (AvgIpc) is 3.31. The van der Waals surface area contributed by atoms with Gasteiger partial charge >= 0.3 is 5.97 Å². The highest BCUT2D eigenvalue weighted by atomic mass is 16.5. The van der Waals surface area contributed by atoms with Crippen molar-refractivity contribution < 1.29 is 19.1 Å². The van der Waals surface area contributed by atoms with Crippen LogP contribution in [0.25, 0.3) is 5.69 Å². The molecule has 0 unspecified atom stereocenters. The molecule has 37 heavy (non-hydrogen) atoms. The quantitative estimate of drug-likeness (QED) is 0.410. The molecule has 2 amide bonds. The molecule has 194 valence electrons. The number of carbonyl (C=O) groups excluding carboxylic acids is 3. The summed E-state index contributed by atoms with van der Waals surface area (Å²) in [5.74, 6) is 0.346. The van der Waals surface area contributed by atoms with Crippen molar-refractivity contribution in [1.82, 2.24) is 15.1 Å². The van der Waals surface area contributed by atoms with Crippen LogP contribution in [0.2, 0.25) is 0 Å². The predicted molar refractivity (Wildman–Crippen MR) is 142 cm³/mol. The highest BCUT2D eigenvalue weighted by Crippen LogP contribution is 2.37. The Morgan fingerprint density at radius 3 is 2.38 bits per heavy atom. The number of anilines is 1. The summed E-state index contributed by atoms with van der Waals surface area (Å²) in [5.41, 5.74) is 3.98. The molecule has 1 aliphatic rings. The molecule has 2 aromatic carbocycles. The van der Waals surface area contributed by atoms with Gasteiger partial charge in [0.05, 0.1) is 24.1 Å². The number of benzene rings is 2. The van der Waals surface area contributed by atoms with Gasteiger partial charge in [-0.2, -0.15) is 5.10 Å². The summed E-state index contributed by atoms with van der Waals surface area (Å²) >= 11 is 0. The molecular formula is C29H34N4O4. The SMILES string of the molecule is COC(=O)CC1CCC(c2ccc(NC(=O)CCNC(=O)c3cn(-c4ccccc4)nc3C)cc2)CC1. The van der Waals surface area contributed by atoms with Crippen LogP contribution in [0.4, 0.5) is 5.69 Å². The zero-order valence-electron chi connectivity index (χ0n) is 21.4. The molecule has 1 aliphatic carbocycles. The maximum Gasteiger partial charge on any atom is 0.305 e. The molecule has 1 heterocycles. The van der Waals surface area contributed by atoms with Crippen molar-refractivity contribution in [1.29, 1.82) is 0 Å². The minimum atomic E-state index is -0.252. The number of nitrogens with zero attached hydrogens (tertiary/aromatic N) is 2. The maximum absolute atomic E-state index is 12.6. The zero-order chi connectivity index (χ0) is 26.2. The molecule has 0 bridgehead atoms. The van der Waals surface area contributed by atoms with Crippen molar-refractivity contribution in [3.8, 4) is 5.69 Å². The summed E-state index contributed by atoms with van der Waals surface area (Å²) in [6, 6.07) is 17.6. The Balaban J connectivity index is 1.20. The van der Waals surface area contributed by atoms with E-state index in [9.17, 15) is 14.4 Å². The summed E-state index contributed by atoms with van der Waals surface area (Å²) in [7, 11) is 1.44. The van der Waals surface area contributed by atoms with Gasteiger partial charge in [-0.1, -0.05) is 30.3 Å². The fraction of sp³-hybridized carbons (Fsp3) is 0.379. The summed E-state index contributed by atoms with van der Waals surface area (Å²) in [5, 5.41) is 10.1. The van der Waals surface area contributed by atoms with Crippen LogP contribution in [0.1, 0.15) is 66.1 Å². The number of aryl methyl sites for hydroxylation is 1. The number of hydrogen-bond acceptors (Lipinski definition) is 5. The lowest BCUT2D eigenvalue weighted by Crippen LogP contribution is -2.27. The summed E-state index contributed by atoms with van der Waals surface area (Å²) in [6.45, 7) is 2.02. The van der Waals surface area contributed by atoms with Crippen LogP contribution in [-0.4, -0.2) is 41.2 Å². The Morgan fingerprint density at radius 2 is 1.70 bits per heavy atom. The number of ether oxygens (including phenoxy) is 1. The smallest absolute Gasteiger partial charge is 0.305 e. The van der Waals surface area contributed by atoms with Gasteiger partial charge in [0.1, 0.15) is 0 Å². The van der Waals surface area contributed by atoms with E-state index in [2.05, 4.69) is 27.9 Å². The largest absolute Gasteiger partial charge is 0.469 e. The maximum atomic E-state index is 12.6. The van der Waals surface area contributed by atoms with Gasteiger partial charge in [-0.15, -0.1) is 0 Å². The first-order valence-corrected chi connectivity index (χ1v) is 12.8. The summed E-state index contributed by atoms with van der Waals surface area (Å²) in [4.78, 5) is 36.5. The van der Waals surface area contributed by atoms with Crippen LogP contribution in [0.5, 0.6) is 0 Å². The van der Waals surface area contributed by atoms with Crippen molar-refractivity contribution in [3.63, 3.8) is 0 Å². The van der Waals surface area contributed by atoms with Crippen molar-refractivity contribution >= 4 is 23.5 Å². The lowest BCUT2D eigenvalue weighted by molar-refractivity contribution is -0.142. The number of rotatable bonds is 9. The fourth-order valence-corrected chi connectivity index (χ4v) is 4.86. The minimum Gasteiger partial charge on any atom is -0.469 e. The number of esters is 1. The number of aromatic nitrogens is 2. The lowest BCUT2D eigenvalue weighted by Gasteiger charge is -2.28. The van der Waals surface area contributed by atoms with Gasteiger partial charge in [0, 0.05) is 31.3 Å². The molecule has 3 aromatic rings. The third-order valence-electron chi connectivity index (χ3n) is 7.00. The molecule has 0 radical (unpaired) electrons. The Bertz CT molecular complexity index is 1210. The lowest BCUT2D eigenvalue weighted by atomic mass is 9.77. The normalized spacial score (nSPS) is 17.1. The van der Waals surface area contributed by atoms with Crippen LogP contribution in [0.3, 0.4) is 0 Å². The molecule has 8 heteroatoms. The second-order valence-electron chi connectivity index (χ2n) is 9.58. The molecule has 0 atom stereocenters. The first kappa shape index (κ1) is 26.1.